The molecule has 0 spiro atoms. The second kappa shape index (κ2) is 10.1. The number of amides is 1. The highest BCUT2D eigenvalue weighted by atomic mass is 32.2. The van der Waals surface area contributed by atoms with Gasteiger partial charge in [0.25, 0.3) is 11.5 Å². The molecule has 0 aliphatic heterocycles. The maximum absolute atomic E-state index is 13.1. The maximum Gasteiger partial charge on any atom is 0.264 e. The summed E-state index contributed by atoms with van der Waals surface area (Å²) in [5, 5.41) is 21.5. The molecule has 172 valence electrons. The second-order valence-electron chi connectivity index (χ2n) is 7.47. The van der Waals surface area contributed by atoms with Crippen molar-refractivity contribution in [1.29, 1.82) is 0 Å². The molecule has 0 bridgehead atoms. The molecule has 10 heteroatoms. The Labute approximate surface area is 204 Å². The van der Waals surface area contributed by atoms with Gasteiger partial charge in [0.1, 0.15) is 0 Å². The van der Waals surface area contributed by atoms with Gasteiger partial charge in [0.15, 0.2) is 5.82 Å². The minimum atomic E-state index is -0.273. The summed E-state index contributed by atoms with van der Waals surface area (Å²) in [5.74, 6) is 0.930. The molecule has 5 aromatic rings. The number of aromatic nitrogens is 6. The van der Waals surface area contributed by atoms with Crippen molar-refractivity contribution in [1.82, 2.24) is 30.4 Å². The van der Waals surface area contributed by atoms with Gasteiger partial charge < -0.3 is 5.32 Å². The highest BCUT2D eigenvalue weighted by Crippen LogP contribution is 2.27. The van der Waals surface area contributed by atoms with Gasteiger partial charge in [0.2, 0.25) is 0 Å². The van der Waals surface area contributed by atoms with Gasteiger partial charge in [-0.25, -0.2) is 5.10 Å². The lowest BCUT2D eigenvalue weighted by molar-refractivity contribution is 0.102. The van der Waals surface area contributed by atoms with Gasteiger partial charge in [-0.05, 0) is 52.9 Å². The number of hydrogen-bond acceptors (Lipinski definition) is 7. The third-order valence-corrected chi connectivity index (χ3v) is 6.19. The van der Waals surface area contributed by atoms with Crippen LogP contribution in [0, 0.1) is 0 Å². The van der Waals surface area contributed by atoms with E-state index in [1.807, 2.05) is 66.7 Å². The Morgan fingerprint density at radius 1 is 0.943 bits per heavy atom. The average Bonchev–Trinajstić information content (AvgIpc) is 3.37. The highest BCUT2D eigenvalue weighted by molar-refractivity contribution is 7.98. The van der Waals surface area contributed by atoms with Crippen LogP contribution in [0.3, 0.4) is 0 Å². The van der Waals surface area contributed by atoms with Crippen LogP contribution in [0.25, 0.3) is 16.9 Å². The van der Waals surface area contributed by atoms with E-state index in [2.05, 4.69) is 31.0 Å². The summed E-state index contributed by atoms with van der Waals surface area (Å²) >= 11 is 1.49. The molecule has 0 aliphatic carbocycles. The number of nitrogens with one attached hydrogen (secondary N) is 2. The van der Waals surface area contributed by atoms with Crippen LogP contribution in [0.2, 0.25) is 0 Å². The zero-order valence-electron chi connectivity index (χ0n) is 18.3. The minimum absolute atomic E-state index is 0.234. The number of hydrogen-bond donors (Lipinski definition) is 2. The monoisotopic (exact) mass is 481 g/mol. The summed E-state index contributed by atoms with van der Waals surface area (Å²) < 4.78 is 1.69. The number of nitrogens with zero attached hydrogens (tertiary/aromatic N) is 5. The first-order valence-electron chi connectivity index (χ1n) is 10.7. The number of aromatic amines is 1. The topological polar surface area (TPSA) is 118 Å². The molecule has 2 N–H and O–H groups in total. The van der Waals surface area contributed by atoms with Crippen molar-refractivity contribution in [2.24, 2.45) is 0 Å². The first-order valence-corrected chi connectivity index (χ1v) is 11.7. The molecule has 1 amide bonds. The third kappa shape index (κ3) is 5.17. The van der Waals surface area contributed by atoms with Crippen LogP contribution in [0.1, 0.15) is 16.2 Å². The van der Waals surface area contributed by atoms with Crippen molar-refractivity contribution in [2.75, 3.05) is 5.32 Å². The van der Waals surface area contributed by atoms with Crippen molar-refractivity contribution < 1.29 is 4.79 Å². The summed E-state index contributed by atoms with van der Waals surface area (Å²) in [6.07, 6.45) is 0. The molecule has 0 saturated heterocycles. The predicted molar refractivity (Wildman–Crippen MR) is 133 cm³/mol. The lowest BCUT2D eigenvalue weighted by atomic mass is 10.1. The van der Waals surface area contributed by atoms with E-state index in [4.69, 9.17) is 0 Å². The first kappa shape index (κ1) is 22.2. The average molecular weight is 482 g/mol. The van der Waals surface area contributed by atoms with E-state index in [0.717, 1.165) is 16.1 Å². The molecule has 3 aromatic carbocycles. The summed E-state index contributed by atoms with van der Waals surface area (Å²) in [4.78, 5) is 25.2. The lowest BCUT2D eigenvalue weighted by Gasteiger charge is -2.11. The van der Waals surface area contributed by atoms with Crippen molar-refractivity contribution in [3.8, 4) is 16.9 Å². The van der Waals surface area contributed by atoms with Crippen molar-refractivity contribution in [3.63, 3.8) is 0 Å². The van der Waals surface area contributed by atoms with Crippen LogP contribution in [0.5, 0.6) is 0 Å². The molecule has 5 rings (SSSR count). The lowest BCUT2D eigenvalue weighted by Crippen LogP contribution is -2.13. The molecule has 9 nitrogen and oxygen atoms in total. The third-order valence-electron chi connectivity index (χ3n) is 5.12. The Balaban J connectivity index is 1.32. The van der Waals surface area contributed by atoms with E-state index in [1.54, 1.807) is 22.9 Å². The normalized spacial score (nSPS) is 10.7. The van der Waals surface area contributed by atoms with Crippen LogP contribution < -0.4 is 10.9 Å². The molecule has 0 atom stereocenters. The number of rotatable bonds is 7. The number of anilines is 1. The van der Waals surface area contributed by atoms with Gasteiger partial charge in [-0.3, -0.25) is 9.59 Å². The Hall–Kier alpha value is -4.57. The molecule has 2 heterocycles. The van der Waals surface area contributed by atoms with E-state index < -0.39 is 0 Å². The predicted octanol–water partition coefficient (Wildman–Crippen LogP) is 3.96. The van der Waals surface area contributed by atoms with E-state index in [-0.39, 0.29) is 11.5 Å². The SMILES string of the molecule is O=C(Nc1cccc(-c2ccc(=O)[nH]n2)c1)c1ccccc1SCc1nnnn1-c1ccccc1. The first-order chi connectivity index (χ1) is 17.2. The number of tetrazole rings is 1. The van der Waals surface area contributed by atoms with Crippen LogP contribution in [0.15, 0.2) is 101 Å². The highest BCUT2D eigenvalue weighted by Gasteiger charge is 2.15. The minimum Gasteiger partial charge on any atom is -0.322 e. The van der Waals surface area contributed by atoms with Crippen molar-refractivity contribution in [2.45, 2.75) is 10.6 Å². The quantitative estimate of drug-likeness (QED) is 0.338. The van der Waals surface area contributed by atoms with Gasteiger partial charge in [-0.1, -0.05) is 42.5 Å². The van der Waals surface area contributed by atoms with Gasteiger partial charge in [-0.15, -0.1) is 16.9 Å². The Kier molecular flexibility index (Phi) is 6.44. The molecule has 0 aliphatic rings. The molecule has 0 unspecified atom stereocenters. The molecule has 0 saturated carbocycles. The zero-order valence-corrected chi connectivity index (χ0v) is 19.1. The molecule has 0 fully saturated rings. The molecular weight excluding hydrogens is 462 g/mol. The van der Waals surface area contributed by atoms with E-state index in [1.165, 1.54) is 17.8 Å². The van der Waals surface area contributed by atoms with Gasteiger partial charge in [0.05, 0.1) is 22.7 Å². The van der Waals surface area contributed by atoms with Crippen LogP contribution in [0.4, 0.5) is 5.69 Å². The largest absolute Gasteiger partial charge is 0.322 e. The number of carbonyl (C=O) groups is 1. The van der Waals surface area contributed by atoms with Crippen LogP contribution >= 0.6 is 11.8 Å². The standard InChI is InChI=1S/C25H19N7O2S/c33-24-14-13-21(27-29-24)17-7-6-8-18(15-17)26-25(34)20-11-4-5-12-22(20)35-16-23-28-30-31-32(23)19-9-2-1-3-10-19/h1-15H,16H2,(H,26,34)(H,29,33). The number of para-hydroxylation sites is 1. The van der Waals surface area contributed by atoms with Gasteiger partial charge in [-0.2, -0.15) is 9.78 Å². The fraction of sp³-hybridized carbons (Fsp3) is 0.0400. The van der Waals surface area contributed by atoms with Crippen LogP contribution in [-0.2, 0) is 5.75 Å². The Morgan fingerprint density at radius 2 is 1.77 bits per heavy atom. The molecule has 35 heavy (non-hydrogen) atoms. The van der Waals surface area contributed by atoms with Crippen molar-refractivity contribution in [3.05, 3.63) is 113 Å². The summed E-state index contributed by atoms with van der Waals surface area (Å²) in [6, 6.07) is 27.4. The van der Waals surface area contributed by atoms with E-state index in [0.29, 0.717) is 28.5 Å². The van der Waals surface area contributed by atoms with Gasteiger partial charge in [0, 0.05) is 22.2 Å². The number of benzene rings is 3. The zero-order chi connectivity index (χ0) is 24.0. The summed E-state index contributed by atoms with van der Waals surface area (Å²) in [6.45, 7) is 0. The molecule has 2 aromatic heterocycles. The second-order valence-corrected chi connectivity index (χ2v) is 8.49. The maximum atomic E-state index is 13.1. The number of thioether (sulfide) groups is 1. The number of H-pyrrole nitrogens is 1. The summed E-state index contributed by atoms with van der Waals surface area (Å²) in [7, 11) is 0. The van der Waals surface area contributed by atoms with Crippen molar-refractivity contribution >= 4 is 23.4 Å². The summed E-state index contributed by atoms with van der Waals surface area (Å²) in [5.41, 5.74) is 3.14. The number of carbonyl (C=O) groups excluding carboxylic acids is 1. The van der Waals surface area contributed by atoms with Gasteiger partial charge >= 0.3 is 0 Å². The fourth-order valence-electron chi connectivity index (χ4n) is 3.45. The van der Waals surface area contributed by atoms with Crippen LogP contribution in [-0.4, -0.2) is 36.3 Å². The molecule has 0 radical (unpaired) electrons. The smallest absolute Gasteiger partial charge is 0.264 e. The van der Waals surface area contributed by atoms with E-state index >= 15 is 0 Å². The Morgan fingerprint density at radius 3 is 2.60 bits per heavy atom. The molecular formula is C25H19N7O2S. The van der Waals surface area contributed by atoms with E-state index in [9.17, 15) is 9.59 Å². The Bertz CT molecular complexity index is 1510. The fourth-order valence-corrected chi connectivity index (χ4v) is 4.40.